The molecule has 0 aromatic heterocycles. The summed E-state index contributed by atoms with van der Waals surface area (Å²) in [6.45, 7) is 5.79. The molecule has 1 aromatic carbocycles. The van der Waals surface area contributed by atoms with Gasteiger partial charge in [-0.2, -0.15) is 5.26 Å². The second-order valence-corrected chi connectivity index (χ2v) is 5.54. The average Bonchev–Trinajstić information content (AvgIpc) is 2.49. The van der Waals surface area contributed by atoms with Crippen LogP contribution in [0, 0.1) is 23.2 Å². The highest BCUT2D eigenvalue weighted by atomic mass is 16.5. The van der Waals surface area contributed by atoms with Gasteiger partial charge < -0.3 is 9.64 Å². The largest absolute Gasteiger partial charge is 0.383 e. The van der Waals surface area contributed by atoms with Crippen molar-refractivity contribution in [3.05, 3.63) is 35.9 Å². The van der Waals surface area contributed by atoms with Gasteiger partial charge in [0.05, 0.1) is 12.7 Å². The first kappa shape index (κ1) is 17.2. The molecule has 0 spiro atoms. The number of carbonyl (C=O) groups excluding carboxylic acids is 1. The maximum atomic E-state index is 12.6. The molecule has 114 valence electrons. The summed E-state index contributed by atoms with van der Waals surface area (Å²) in [4.78, 5) is 14.3. The van der Waals surface area contributed by atoms with Crippen molar-refractivity contribution in [1.82, 2.24) is 4.90 Å². The van der Waals surface area contributed by atoms with Crippen LogP contribution in [-0.2, 0) is 16.0 Å². The van der Waals surface area contributed by atoms with Crippen LogP contribution in [0.5, 0.6) is 0 Å². The van der Waals surface area contributed by atoms with Gasteiger partial charge >= 0.3 is 0 Å². The molecule has 1 amide bonds. The maximum Gasteiger partial charge on any atom is 0.240 e. The van der Waals surface area contributed by atoms with Gasteiger partial charge in [0.1, 0.15) is 5.92 Å². The molecule has 0 aliphatic heterocycles. The van der Waals surface area contributed by atoms with E-state index in [4.69, 9.17) is 4.74 Å². The van der Waals surface area contributed by atoms with Crippen LogP contribution in [0.2, 0.25) is 0 Å². The van der Waals surface area contributed by atoms with Gasteiger partial charge in [0.15, 0.2) is 0 Å². The first-order valence-electron chi connectivity index (χ1n) is 7.29. The van der Waals surface area contributed by atoms with E-state index in [1.54, 1.807) is 12.0 Å². The third-order valence-corrected chi connectivity index (χ3v) is 3.20. The molecule has 0 N–H and O–H groups in total. The third kappa shape index (κ3) is 5.97. The molecule has 4 heteroatoms. The molecular weight excluding hydrogens is 264 g/mol. The summed E-state index contributed by atoms with van der Waals surface area (Å²) in [5.41, 5.74) is 1.01. The van der Waals surface area contributed by atoms with E-state index in [1.807, 2.05) is 30.3 Å². The summed E-state index contributed by atoms with van der Waals surface area (Å²) < 4.78 is 5.06. The second-order valence-electron chi connectivity index (χ2n) is 5.54. The molecular formula is C17H24N2O2. The Balaban J connectivity index is 2.76. The SMILES string of the molecule is COCCN(CC(C)C)C(=O)C(C#N)Cc1ccccc1. The van der Waals surface area contributed by atoms with Crippen LogP contribution in [0.25, 0.3) is 0 Å². The molecule has 1 atom stereocenters. The Kier molecular flexibility index (Phi) is 7.49. The number of amides is 1. The van der Waals surface area contributed by atoms with E-state index < -0.39 is 5.92 Å². The predicted molar refractivity (Wildman–Crippen MR) is 82.5 cm³/mol. The van der Waals surface area contributed by atoms with Crippen LogP contribution >= 0.6 is 0 Å². The van der Waals surface area contributed by atoms with Crippen molar-refractivity contribution < 1.29 is 9.53 Å². The number of methoxy groups -OCH3 is 1. The normalized spacial score (nSPS) is 12.0. The van der Waals surface area contributed by atoms with Gasteiger partial charge in [-0.3, -0.25) is 4.79 Å². The van der Waals surface area contributed by atoms with Gasteiger partial charge in [-0.15, -0.1) is 0 Å². The Morgan fingerprint density at radius 2 is 2.00 bits per heavy atom. The van der Waals surface area contributed by atoms with Crippen molar-refractivity contribution >= 4 is 5.91 Å². The molecule has 0 bridgehead atoms. The van der Waals surface area contributed by atoms with Crippen molar-refractivity contribution in [2.45, 2.75) is 20.3 Å². The number of nitriles is 1. The van der Waals surface area contributed by atoms with E-state index in [9.17, 15) is 10.1 Å². The first-order valence-corrected chi connectivity index (χ1v) is 7.29. The lowest BCUT2D eigenvalue weighted by atomic mass is 9.99. The molecule has 4 nitrogen and oxygen atoms in total. The predicted octanol–water partition coefficient (Wildman–Crippen LogP) is 2.50. The number of benzene rings is 1. The standard InChI is InChI=1S/C17H24N2O2/c1-14(2)13-19(9-10-21-3)17(20)16(12-18)11-15-7-5-4-6-8-15/h4-8,14,16H,9-11,13H2,1-3H3. The molecule has 1 unspecified atom stereocenters. The Morgan fingerprint density at radius 1 is 1.33 bits per heavy atom. The van der Waals surface area contributed by atoms with Gasteiger partial charge in [0.2, 0.25) is 5.91 Å². The fraction of sp³-hybridized carbons (Fsp3) is 0.529. The van der Waals surface area contributed by atoms with Gasteiger partial charge in [-0.1, -0.05) is 44.2 Å². The highest BCUT2D eigenvalue weighted by molar-refractivity contribution is 5.81. The summed E-state index contributed by atoms with van der Waals surface area (Å²) in [5, 5.41) is 9.34. The number of carbonyl (C=O) groups is 1. The van der Waals surface area contributed by atoms with Crippen molar-refractivity contribution in [2.24, 2.45) is 11.8 Å². The van der Waals surface area contributed by atoms with E-state index in [2.05, 4.69) is 19.9 Å². The van der Waals surface area contributed by atoms with Gasteiger partial charge in [-0.05, 0) is 17.9 Å². The Hall–Kier alpha value is -1.86. The number of hydrogen-bond donors (Lipinski definition) is 0. The van der Waals surface area contributed by atoms with Crippen molar-refractivity contribution in [3.63, 3.8) is 0 Å². The molecule has 1 rings (SSSR count). The first-order chi connectivity index (χ1) is 10.1. The lowest BCUT2D eigenvalue weighted by molar-refractivity contribution is -0.134. The number of ether oxygens (including phenoxy) is 1. The van der Waals surface area contributed by atoms with E-state index in [0.29, 0.717) is 32.0 Å². The zero-order valence-electron chi connectivity index (χ0n) is 13.1. The second kappa shape index (κ2) is 9.15. The summed E-state index contributed by atoms with van der Waals surface area (Å²) in [6, 6.07) is 11.8. The molecule has 1 aromatic rings. The molecule has 0 fully saturated rings. The number of rotatable bonds is 8. The highest BCUT2D eigenvalue weighted by Crippen LogP contribution is 2.12. The summed E-state index contributed by atoms with van der Waals surface area (Å²) in [5.74, 6) is -0.378. The summed E-state index contributed by atoms with van der Waals surface area (Å²) in [6.07, 6.45) is 0.456. The molecule has 0 aliphatic rings. The monoisotopic (exact) mass is 288 g/mol. The van der Waals surface area contributed by atoms with Gasteiger partial charge in [-0.25, -0.2) is 0 Å². The zero-order valence-corrected chi connectivity index (χ0v) is 13.1. The topological polar surface area (TPSA) is 53.3 Å². The fourth-order valence-electron chi connectivity index (χ4n) is 2.19. The van der Waals surface area contributed by atoms with Crippen molar-refractivity contribution in [1.29, 1.82) is 5.26 Å². The molecule has 0 saturated heterocycles. The lowest BCUT2D eigenvalue weighted by Crippen LogP contribution is -2.40. The van der Waals surface area contributed by atoms with Gasteiger partial charge in [0.25, 0.3) is 0 Å². The van der Waals surface area contributed by atoms with Crippen LogP contribution in [0.15, 0.2) is 30.3 Å². The Bertz CT molecular complexity index is 465. The van der Waals surface area contributed by atoms with Crippen LogP contribution in [0.4, 0.5) is 0 Å². The minimum absolute atomic E-state index is 0.105. The van der Waals surface area contributed by atoms with Crippen molar-refractivity contribution in [3.8, 4) is 6.07 Å². The minimum Gasteiger partial charge on any atom is -0.383 e. The van der Waals surface area contributed by atoms with E-state index in [0.717, 1.165) is 5.56 Å². The van der Waals surface area contributed by atoms with Crippen LogP contribution in [0.1, 0.15) is 19.4 Å². The van der Waals surface area contributed by atoms with Crippen LogP contribution in [-0.4, -0.2) is 37.6 Å². The van der Waals surface area contributed by atoms with E-state index in [1.165, 1.54) is 0 Å². The summed E-state index contributed by atoms with van der Waals surface area (Å²) >= 11 is 0. The Labute approximate surface area is 127 Å². The van der Waals surface area contributed by atoms with E-state index >= 15 is 0 Å². The molecule has 21 heavy (non-hydrogen) atoms. The molecule has 0 heterocycles. The van der Waals surface area contributed by atoms with Crippen LogP contribution < -0.4 is 0 Å². The number of nitrogens with zero attached hydrogens (tertiary/aromatic N) is 2. The average molecular weight is 288 g/mol. The summed E-state index contributed by atoms with van der Waals surface area (Å²) in [7, 11) is 1.61. The highest BCUT2D eigenvalue weighted by Gasteiger charge is 2.24. The number of hydrogen-bond acceptors (Lipinski definition) is 3. The Morgan fingerprint density at radius 3 is 2.52 bits per heavy atom. The smallest absolute Gasteiger partial charge is 0.240 e. The van der Waals surface area contributed by atoms with E-state index in [-0.39, 0.29) is 5.91 Å². The van der Waals surface area contributed by atoms with Gasteiger partial charge in [0, 0.05) is 20.2 Å². The van der Waals surface area contributed by atoms with Crippen molar-refractivity contribution in [2.75, 3.05) is 26.8 Å². The fourth-order valence-corrected chi connectivity index (χ4v) is 2.19. The lowest BCUT2D eigenvalue weighted by Gasteiger charge is -2.26. The zero-order chi connectivity index (χ0) is 15.7. The maximum absolute atomic E-state index is 12.6. The molecule has 0 radical (unpaired) electrons. The molecule has 0 aliphatic carbocycles. The quantitative estimate of drug-likeness (QED) is 0.738. The molecule has 0 saturated carbocycles. The third-order valence-electron chi connectivity index (χ3n) is 3.20. The minimum atomic E-state index is -0.636. The van der Waals surface area contributed by atoms with Crippen LogP contribution in [0.3, 0.4) is 0 Å².